The minimum atomic E-state index is -0.00634. The molecule has 1 aromatic heterocycles. The molecule has 1 amide bonds. The molecule has 0 aliphatic carbocycles. The predicted molar refractivity (Wildman–Crippen MR) is 114 cm³/mol. The average molecular weight is 382 g/mol. The summed E-state index contributed by atoms with van der Waals surface area (Å²) in [5, 5.41) is 0. The summed E-state index contributed by atoms with van der Waals surface area (Å²) in [5.74, 6) is 0.800. The second-order valence-corrected chi connectivity index (χ2v) is 7.53. The fourth-order valence-corrected chi connectivity index (χ4v) is 3.57. The first-order chi connectivity index (χ1) is 13.5. The lowest BCUT2D eigenvalue weighted by Crippen LogP contribution is -2.49. The molecular formula is C22H31N5O. The number of carbonyl (C=O) groups is 1. The fraction of sp³-hybridized carbons (Fsp3) is 0.500. The lowest BCUT2D eigenvalue weighted by Gasteiger charge is -2.37. The van der Waals surface area contributed by atoms with Crippen molar-refractivity contribution in [1.29, 1.82) is 0 Å². The third-order valence-corrected chi connectivity index (χ3v) is 5.59. The van der Waals surface area contributed by atoms with Crippen molar-refractivity contribution in [3.8, 4) is 0 Å². The molecule has 0 saturated carbocycles. The summed E-state index contributed by atoms with van der Waals surface area (Å²) >= 11 is 0. The Hall–Kier alpha value is -2.63. The third kappa shape index (κ3) is 4.43. The molecule has 0 spiro atoms. The van der Waals surface area contributed by atoms with Gasteiger partial charge < -0.3 is 14.7 Å². The largest absolute Gasteiger partial charge is 0.368 e. The van der Waals surface area contributed by atoms with Crippen molar-refractivity contribution >= 4 is 17.4 Å². The summed E-state index contributed by atoms with van der Waals surface area (Å²) in [6.07, 6.45) is 3.73. The molecule has 0 N–H and O–H groups in total. The van der Waals surface area contributed by atoms with Crippen molar-refractivity contribution in [3.05, 3.63) is 47.4 Å². The van der Waals surface area contributed by atoms with E-state index in [-0.39, 0.29) is 5.91 Å². The van der Waals surface area contributed by atoms with E-state index >= 15 is 0 Å². The fourth-order valence-electron chi connectivity index (χ4n) is 3.57. The van der Waals surface area contributed by atoms with Crippen molar-refractivity contribution in [2.24, 2.45) is 0 Å². The molecule has 3 rings (SSSR count). The second-order valence-electron chi connectivity index (χ2n) is 7.53. The molecule has 2 aromatic rings. The van der Waals surface area contributed by atoms with Crippen molar-refractivity contribution in [2.45, 2.75) is 33.6 Å². The lowest BCUT2D eigenvalue weighted by molar-refractivity contribution is 0.0740. The number of rotatable bonds is 6. The van der Waals surface area contributed by atoms with Crippen molar-refractivity contribution < 1.29 is 4.79 Å². The molecule has 1 saturated heterocycles. The Labute approximate surface area is 168 Å². The van der Waals surface area contributed by atoms with Gasteiger partial charge in [0.2, 0.25) is 0 Å². The van der Waals surface area contributed by atoms with Crippen LogP contribution < -0.4 is 9.80 Å². The number of piperazine rings is 1. The monoisotopic (exact) mass is 381 g/mol. The molecule has 0 unspecified atom stereocenters. The zero-order chi connectivity index (χ0) is 20.1. The van der Waals surface area contributed by atoms with Crippen molar-refractivity contribution in [2.75, 3.05) is 49.6 Å². The Bertz CT molecular complexity index is 814. The van der Waals surface area contributed by atoms with Crippen LogP contribution in [0.3, 0.4) is 0 Å². The summed E-state index contributed by atoms with van der Waals surface area (Å²) in [4.78, 5) is 27.9. The molecule has 0 bridgehead atoms. The minimum absolute atomic E-state index is 0.00634. The van der Waals surface area contributed by atoms with E-state index in [9.17, 15) is 4.79 Å². The zero-order valence-corrected chi connectivity index (χ0v) is 17.5. The molecule has 1 aliphatic rings. The van der Waals surface area contributed by atoms with Crippen LogP contribution in [-0.4, -0.2) is 60.5 Å². The highest BCUT2D eigenvalue weighted by Crippen LogP contribution is 2.24. The summed E-state index contributed by atoms with van der Waals surface area (Å²) in [6, 6.07) is 8.23. The maximum atomic E-state index is 13.0. The minimum Gasteiger partial charge on any atom is -0.368 e. The van der Waals surface area contributed by atoms with E-state index < -0.39 is 0 Å². The number of benzene rings is 1. The smallest absolute Gasteiger partial charge is 0.272 e. The van der Waals surface area contributed by atoms with Gasteiger partial charge in [-0.05, 0) is 37.5 Å². The Balaban J connectivity index is 1.64. The van der Waals surface area contributed by atoms with Gasteiger partial charge in [-0.3, -0.25) is 4.79 Å². The molecule has 150 valence electrons. The molecule has 1 aliphatic heterocycles. The SMILES string of the molecule is CCCCN(C)c1cc(C(=O)N2CCN(c3cccc(C)c3C)CC2)ncn1. The van der Waals surface area contributed by atoms with E-state index in [1.54, 1.807) is 0 Å². The van der Waals surface area contributed by atoms with Gasteiger partial charge in [0.15, 0.2) is 0 Å². The Kier molecular flexibility index (Phi) is 6.49. The number of aromatic nitrogens is 2. The molecule has 0 atom stereocenters. The lowest BCUT2D eigenvalue weighted by atomic mass is 10.1. The van der Waals surface area contributed by atoms with Crippen LogP contribution in [0.25, 0.3) is 0 Å². The van der Waals surface area contributed by atoms with Crippen LogP contribution in [0.1, 0.15) is 41.4 Å². The third-order valence-electron chi connectivity index (χ3n) is 5.59. The van der Waals surface area contributed by atoms with Gasteiger partial charge in [0.25, 0.3) is 5.91 Å². The number of aryl methyl sites for hydroxylation is 1. The van der Waals surface area contributed by atoms with Gasteiger partial charge in [-0.2, -0.15) is 0 Å². The molecule has 2 heterocycles. The Morgan fingerprint density at radius 2 is 1.89 bits per heavy atom. The number of unbranched alkanes of at least 4 members (excludes halogenated alkanes) is 1. The van der Waals surface area contributed by atoms with Gasteiger partial charge in [-0.1, -0.05) is 25.5 Å². The predicted octanol–water partition coefficient (Wildman–Crippen LogP) is 3.29. The molecule has 6 nitrogen and oxygen atoms in total. The maximum Gasteiger partial charge on any atom is 0.272 e. The van der Waals surface area contributed by atoms with Crippen LogP contribution in [0.5, 0.6) is 0 Å². The van der Waals surface area contributed by atoms with E-state index in [0.29, 0.717) is 18.8 Å². The number of nitrogens with zero attached hydrogens (tertiary/aromatic N) is 5. The number of anilines is 2. The first-order valence-corrected chi connectivity index (χ1v) is 10.1. The van der Waals surface area contributed by atoms with Gasteiger partial charge in [-0.25, -0.2) is 9.97 Å². The molecule has 1 aromatic carbocycles. The topological polar surface area (TPSA) is 52.6 Å². The van der Waals surface area contributed by atoms with Gasteiger partial charge in [0.05, 0.1) is 0 Å². The molecule has 28 heavy (non-hydrogen) atoms. The zero-order valence-electron chi connectivity index (χ0n) is 17.5. The van der Waals surface area contributed by atoms with Crippen LogP contribution >= 0.6 is 0 Å². The number of hydrogen-bond acceptors (Lipinski definition) is 5. The highest BCUT2D eigenvalue weighted by molar-refractivity contribution is 5.93. The summed E-state index contributed by atoms with van der Waals surface area (Å²) in [7, 11) is 2.01. The molecule has 6 heteroatoms. The second kappa shape index (κ2) is 9.04. The molecule has 1 fully saturated rings. The van der Waals surface area contributed by atoms with Crippen LogP contribution in [-0.2, 0) is 0 Å². The highest BCUT2D eigenvalue weighted by atomic mass is 16.2. The van der Waals surface area contributed by atoms with E-state index in [1.807, 2.05) is 18.0 Å². The maximum absolute atomic E-state index is 13.0. The van der Waals surface area contributed by atoms with E-state index in [4.69, 9.17) is 0 Å². The van der Waals surface area contributed by atoms with Crippen LogP contribution in [0, 0.1) is 13.8 Å². The average Bonchev–Trinajstić information content (AvgIpc) is 2.73. The van der Waals surface area contributed by atoms with Gasteiger partial charge in [-0.15, -0.1) is 0 Å². The Morgan fingerprint density at radius 1 is 1.14 bits per heavy atom. The quantitative estimate of drug-likeness (QED) is 0.768. The van der Waals surface area contributed by atoms with E-state index in [0.717, 1.165) is 38.3 Å². The first-order valence-electron chi connectivity index (χ1n) is 10.1. The highest BCUT2D eigenvalue weighted by Gasteiger charge is 2.24. The number of amides is 1. The first kappa shape index (κ1) is 20.1. The Morgan fingerprint density at radius 3 is 2.61 bits per heavy atom. The van der Waals surface area contributed by atoms with Gasteiger partial charge in [0, 0.05) is 51.5 Å². The van der Waals surface area contributed by atoms with Crippen molar-refractivity contribution in [1.82, 2.24) is 14.9 Å². The summed E-state index contributed by atoms with van der Waals surface area (Å²) in [6.45, 7) is 10.5. The molecular weight excluding hydrogens is 350 g/mol. The van der Waals surface area contributed by atoms with Gasteiger partial charge >= 0.3 is 0 Å². The van der Waals surface area contributed by atoms with E-state index in [1.165, 1.54) is 23.1 Å². The number of carbonyl (C=O) groups excluding carboxylic acids is 1. The van der Waals surface area contributed by atoms with Crippen LogP contribution in [0.4, 0.5) is 11.5 Å². The van der Waals surface area contributed by atoms with E-state index in [2.05, 4.69) is 58.7 Å². The van der Waals surface area contributed by atoms with Crippen LogP contribution in [0.2, 0.25) is 0 Å². The molecule has 0 radical (unpaired) electrons. The van der Waals surface area contributed by atoms with Gasteiger partial charge in [0.1, 0.15) is 17.8 Å². The summed E-state index contributed by atoms with van der Waals surface area (Å²) < 4.78 is 0. The van der Waals surface area contributed by atoms with Crippen molar-refractivity contribution in [3.63, 3.8) is 0 Å². The summed E-state index contributed by atoms with van der Waals surface area (Å²) in [5.41, 5.74) is 4.37. The standard InChI is InChI=1S/C22H31N5O/c1-5-6-10-25(4)21-15-19(23-16-24-21)22(28)27-13-11-26(12-14-27)20-9-7-8-17(2)18(20)3/h7-9,15-16H,5-6,10-14H2,1-4H3. The van der Waals surface area contributed by atoms with Crippen LogP contribution in [0.15, 0.2) is 30.6 Å². The number of hydrogen-bond donors (Lipinski definition) is 0. The normalized spacial score (nSPS) is 14.3.